The number of nitrogens with one attached hydrogen (secondary N) is 3. The summed E-state index contributed by atoms with van der Waals surface area (Å²) in [5, 5.41) is 31.9. The van der Waals surface area contributed by atoms with Crippen LogP contribution in [0.1, 0.15) is 131 Å². The van der Waals surface area contributed by atoms with Crippen molar-refractivity contribution in [2.24, 2.45) is 29.4 Å². The molecule has 638 valence electrons. The molecule has 0 bridgehead atoms. The average molecular weight is 1710 g/mol. The first-order valence-corrected chi connectivity index (χ1v) is 39.1. The zero-order valence-corrected chi connectivity index (χ0v) is 66.4. The number of carbonyl (C=O) groups is 8. The van der Waals surface area contributed by atoms with Crippen LogP contribution in [-0.2, 0) is 45.4 Å². The molecule has 9 aliphatic rings. The Morgan fingerprint density at radius 1 is 0.400 bits per heavy atom. The Balaban J connectivity index is 0.000000118. The van der Waals surface area contributed by atoms with E-state index in [1.165, 1.54) is 86.8 Å². The normalized spacial score (nSPS) is 22.1. The molecular formula is C84H73F8N24O9+. The molecule has 6 N–H and O–H groups in total. The second-order valence-electron chi connectivity index (χ2n) is 30.7. The third-order valence-electron chi connectivity index (χ3n) is 22.7. The number of hydrogen-bond donors (Lipinski definition) is 5. The van der Waals surface area contributed by atoms with E-state index < -0.39 is 117 Å². The van der Waals surface area contributed by atoms with Gasteiger partial charge in [0.15, 0.2) is 63.6 Å². The lowest BCUT2D eigenvalue weighted by molar-refractivity contribution is -0.121. The minimum absolute atomic E-state index is 0.00293. The molecule has 12 heterocycles. The number of likely N-dealkylation sites (N-methyl/N-ethyl adjacent to an activating group) is 4. The SMILES string of the molecule is CN1C(=O)[C@@H](N)C2C[C@H]2c2nccnc21.CN1C(=O)[C@@H](NC(=O)c2nn(CC3=C(F)C=[C+]C=C3)cc2F)[C@H]2C[C@H]2c2nccnc21.CN1C(=O)[C@@H](NC(=O)c2nn(Cc3ccccc3F)cc2F)C2C[C@H]2c2nccnc21.CN1C(=O)[C@H](NC(=O)c2nn(Cc3ccccc3F)cc2F)[C@@H]2C[C@@H]2c2nccnc21.O=C(O)c1nn(Cc2ccccc2F)cc1F. The number of carboxylic acids is 1. The van der Waals surface area contributed by atoms with E-state index in [9.17, 15) is 73.5 Å². The molecule has 41 heteroatoms. The zero-order valence-electron chi connectivity index (χ0n) is 66.4. The molecule has 0 spiro atoms. The summed E-state index contributed by atoms with van der Waals surface area (Å²) in [6.07, 6.45) is 26.4. The monoisotopic (exact) mass is 1710 g/mol. The lowest BCUT2D eigenvalue weighted by atomic mass is 10.1. The fourth-order valence-corrected chi connectivity index (χ4v) is 15.9. The van der Waals surface area contributed by atoms with Gasteiger partial charge in [0.1, 0.15) is 53.3 Å². The van der Waals surface area contributed by atoms with Gasteiger partial charge < -0.3 is 26.8 Å². The lowest BCUT2D eigenvalue weighted by Gasteiger charge is -2.22. The van der Waals surface area contributed by atoms with Crippen molar-refractivity contribution in [3.63, 3.8) is 0 Å². The highest BCUT2D eigenvalue weighted by Crippen LogP contribution is 2.56. The van der Waals surface area contributed by atoms with Crippen LogP contribution >= 0.6 is 0 Å². The Kier molecular flexibility index (Phi) is 23.2. The van der Waals surface area contributed by atoms with Crippen molar-refractivity contribution in [2.45, 2.75) is 99.7 Å². The smallest absolute Gasteiger partial charge is 0.359 e. The van der Waals surface area contributed by atoms with Crippen molar-refractivity contribution in [3.8, 4) is 0 Å². The van der Waals surface area contributed by atoms with E-state index in [0.717, 1.165) is 72.7 Å². The molecule has 11 aromatic rings. The highest BCUT2D eigenvalue weighted by atomic mass is 19.2. The Bertz CT molecular complexity index is 6050. The van der Waals surface area contributed by atoms with Crippen LogP contribution in [-0.4, -0.2) is 184 Å². The van der Waals surface area contributed by atoms with E-state index in [-0.39, 0.29) is 96.8 Å². The molecule has 5 aliphatic carbocycles. The topological polar surface area (TPSA) is 406 Å². The summed E-state index contributed by atoms with van der Waals surface area (Å²) in [7, 11) is 6.42. The summed E-state index contributed by atoms with van der Waals surface area (Å²) >= 11 is 0. The Hall–Kier alpha value is -14.9. The molecule has 2 unspecified atom stereocenters. The molecule has 12 atom stereocenters. The van der Waals surface area contributed by atoms with Crippen LogP contribution < -0.4 is 41.3 Å². The number of aromatic carboxylic acids is 1. The number of aromatic nitrogens is 16. The quantitative estimate of drug-likeness (QED) is 0.0493. The number of nitrogens with zero attached hydrogens (tertiary/aromatic N) is 20. The summed E-state index contributed by atoms with van der Waals surface area (Å²) < 4.78 is 116. The Morgan fingerprint density at radius 3 is 1.01 bits per heavy atom. The largest absolute Gasteiger partial charge is 0.476 e. The molecule has 33 nitrogen and oxygen atoms in total. The van der Waals surface area contributed by atoms with E-state index in [1.807, 2.05) is 0 Å². The molecule has 125 heavy (non-hydrogen) atoms. The summed E-state index contributed by atoms with van der Waals surface area (Å²) in [5.41, 5.74) is 8.20. The van der Waals surface area contributed by atoms with Gasteiger partial charge in [0.05, 0.1) is 85.9 Å². The van der Waals surface area contributed by atoms with E-state index in [1.54, 1.807) is 102 Å². The minimum Gasteiger partial charge on any atom is -0.476 e. The van der Waals surface area contributed by atoms with Crippen LogP contribution in [0.3, 0.4) is 0 Å². The highest BCUT2D eigenvalue weighted by Gasteiger charge is 2.57. The summed E-state index contributed by atoms with van der Waals surface area (Å²) in [6, 6.07) is 15.2. The highest BCUT2D eigenvalue weighted by molar-refractivity contribution is 6.05. The van der Waals surface area contributed by atoms with Crippen LogP contribution in [0.4, 0.5) is 58.4 Å². The number of hydrogen-bond acceptors (Lipinski definition) is 21. The number of carbonyl (C=O) groups excluding carboxylic acids is 7. The van der Waals surface area contributed by atoms with Crippen LogP contribution in [0.25, 0.3) is 0 Å². The third-order valence-corrected chi connectivity index (χ3v) is 22.7. The molecule has 4 saturated carbocycles. The van der Waals surface area contributed by atoms with Gasteiger partial charge in [-0.2, -0.15) is 20.4 Å². The van der Waals surface area contributed by atoms with Gasteiger partial charge in [-0.05, 0) is 67.6 Å². The maximum absolute atomic E-state index is 14.4. The molecule has 8 aromatic heterocycles. The summed E-state index contributed by atoms with van der Waals surface area (Å²) in [6.45, 7) is -0.122. The van der Waals surface area contributed by atoms with Crippen molar-refractivity contribution >= 4 is 70.6 Å². The molecule has 0 radical (unpaired) electrons. The number of benzene rings is 3. The second-order valence-corrected chi connectivity index (χ2v) is 30.7. The first-order chi connectivity index (χ1) is 60.1. The molecule has 0 saturated heterocycles. The van der Waals surface area contributed by atoms with Gasteiger partial charge in [0.25, 0.3) is 35.4 Å². The van der Waals surface area contributed by atoms with Gasteiger partial charge in [-0.15, -0.1) is 4.39 Å². The van der Waals surface area contributed by atoms with Crippen LogP contribution in [0.5, 0.6) is 0 Å². The maximum Gasteiger partial charge on any atom is 0.359 e. The van der Waals surface area contributed by atoms with Crippen molar-refractivity contribution in [1.29, 1.82) is 0 Å². The van der Waals surface area contributed by atoms with Crippen molar-refractivity contribution in [3.05, 3.63) is 286 Å². The number of rotatable bonds is 15. The van der Waals surface area contributed by atoms with Crippen molar-refractivity contribution in [1.82, 2.24) is 94.9 Å². The predicted molar refractivity (Wildman–Crippen MR) is 424 cm³/mol. The standard InChI is InChI=1S/2C21H18F2N6O2.C21H16F2N6O2.C11H8F2N2O2.C10H12N4O/c3*1-28-19-16(24-6-7-25-19)12-8-13(12)17(21(28)31)26-20(30)18-15(23)10-29(27-18)9-11-4-2-3-5-14(11)22;12-8-4-2-1-3-7(8)5-15-6-9(13)10(14-15)11(16)17;1-14-9-8(12-2-3-13-9)6-4-5(6)7(11)10(14)15/h2*2-7,10,12-13,17H,8-9H2,1H3,(H,26,30);2,4-7,10,12-13,17H,8-9H2,1H3;1-4,6H,5H2,(H,16,17);2-3,5-7H,4,11H2,1H3/p+1/t12-,13?,17+;2*12-,13+,17+;;5?,6-,7+/m101.1/s1. The fraction of sp³-hybridized carbons (Fsp3) is 0.286. The number of carboxylic acid groups (broad SMARTS) is 1. The van der Waals surface area contributed by atoms with E-state index in [0.29, 0.717) is 65.1 Å². The molecule has 4 aliphatic heterocycles. The Labute approximate surface area is 703 Å². The predicted octanol–water partition coefficient (Wildman–Crippen LogP) is 7.39. The molecular weight excluding hydrogens is 1640 g/mol. The Morgan fingerprint density at radius 2 is 0.688 bits per heavy atom. The fourth-order valence-electron chi connectivity index (χ4n) is 15.9. The third kappa shape index (κ3) is 17.3. The first kappa shape index (κ1) is 83.7. The lowest BCUT2D eigenvalue weighted by Crippen LogP contribution is -2.48. The number of allylic oxidation sites excluding steroid dienone is 6. The van der Waals surface area contributed by atoms with Gasteiger partial charge in [-0.25, -0.2) is 55.5 Å². The van der Waals surface area contributed by atoms with Crippen LogP contribution in [0.15, 0.2) is 177 Å². The number of nitrogens with two attached hydrogens (primary N) is 1. The molecule has 7 amide bonds. The van der Waals surface area contributed by atoms with Gasteiger partial charge >= 0.3 is 5.97 Å². The first-order valence-electron chi connectivity index (χ1n) is 39.1. The summed E-state index contributed by atoms with van der Waals surface area (Å²) in [4.78, 5) is 140. The van der Waals surface area contributed by atoms with Gasteiger partial charge in [0.2, 0.25) is 17.4 Å². The van der Waals surface area contributed by atoms with Crippen molar-refractivity contribution in [2.75, 3.05) is 47.8 Å². The summed E-state index contributed by atoms with van der Waals surface area (Å²) in [5.74, 6) is -7.98. The van der Waals surface area contributed by atoms with E-state index in [2.05, 4.69) is 82.3 Å². The molecule has 4 fully saturated rings. The van der Waals surface area contributed by atoms with Crippen LogP contribution in [0, 0.1) is 70.5 Å². The van der Waals surface area contributed by atoms with E-state index >= 15 is 0 Å². The number of fused-ring (bicyclic) bond motifs is 12. The van der Waals surface area contributed by atoms with Crippen molar-refractivity contribution < 1.29 is 78.6 Å². The average Bonchev–Trinajstić information content (AvgIpc) is 1.61. The van der Waals surface area contributed by atoms with Crippen LogP contribution in [0.2, 0.25) is 0 Å². The number of amides is 7. The zero-order chi connectivity index (χ0) is 88.1. The van der Waals surface area contributed by atoms with Gasteiger partial charge in [-0.3, -0.25) is 91.8 Å². The van der Waals surface area contributed by atoms with Gasteiger partial charge in [-0.1, -0.05) is 54.6 Å². The minimum atomic E-state index is -1.45. The molecule has 20 rings (SSSR count). The second kappa shape index (κ2) is 34.6. The number of anilines is 4. The number of halogens is 8. The maximum atomic E-state index is 14.4. The van der Waals surface area contributed by atoms with Gasteiger partial charge in [0, 0.05) is 124 Å². The van der Waals surface area contributed by atoms with E-state index in [4.69, 9.17) is 10.8 Å². The molecule has 3 aromatic carbocycles.